The Balaban J connectivity index is 2.03. The van der Waals surface area contributed by atoms with Crippen LogP contribution < -0.4 is 10.6 Å². The van der Waals surface area contributed by atoms with Gasteiger partial charge >= 0.3 is 0 Å². The fraction of sp³-hybridized carbons (Fsp3) is 0.364. The number of hydrogen-bond acceptors (Lipinski definition) is 3. The van der Waals surface area contributed by atoms with E-state index in [0.29, 0.717) is 19.4 Å². The van der Waals surface area contributed by atoms with Crippen LogP contribution in [0.3, 0.4) is 0 Å². The van der Waals surface area contributed by atoms with E-state index in [4.69, 9.17) is 11.6 Å². The Labute approximate surface area is 108 Å². The number of pyridine rings is 1. The van der Waals surface area contributed by atoms with E-state index in [1.54, 1.807) is 0 Å². The summed E-state index contributed by atoms with van der Waals surface area (Å²) >= 11 is 5.72. The summed E-state index contributed by atoms with van der Waals surface area (Å²) in [4.78, 5) is 26.4. The van der Waals surface area contributed by atoms with Crippen molar-refractivity contribution in [1.82, 2.24) is 15.6 Å². The van der Waals surface area contributed by atoms with Crippen molar-refractivity contribution in [1.29, 1.82) is 0 Å². The molecule has 1 unspecified atom stereocenters. The molecule has 2 amide bonds. The van der Waals surface area contributed by atoms with Gasteiger partial charge in [-0.25, -0.2) is 9.37 Å². The fourth-order valence-corrected chi connectivity index (χ4v) is 1.89. The monoisotopic (exact) mass is 271 g/mol. The zero-order valence-corrected chi connectivity index (χ0v) is 10.1. The van der Waals surface area contributed by atoms with E-state index in [1.807, 2.05) is 0 Å². The Kier molecular flexibility index (Phi) is 3.76. The first-order valence-corrected chi connectivity index (χ1v) is 5.82. The third-order valence-electron chi connectivity index (χ3n) is 2.65. The molecular formula is C11H11ClFN3O2. The molecule has 0 spiro atoms. The number of rotatable bonds is 2. The van der Waals surface area contributed by atoms with E-state index >= 15 is 0 Å². The normalized spacial score (nSPS) is 19.2. The van der Waals surface area contributed by atoms with Crippen LogP contribution >= 0.6 is 11.6 Å². The molecule has 1 saturated heterocycles. The van der Waals surface area contributed by atoms with Crippen LogP contribution in [0.25, 0.3) is 0 Å². The average molecular weight is 272 g/mol. The Morgan fingerprint density at radius 3 is 3.06 bits per heavy atom. The smallest absolute Gasteiger partial charge is 0.254 e. The van der Waals surface area contributed by atoms with E-state index in [-0.39, 0.29) is 22.7 Å². The highest BCUT2D eigenvalue weighted by Gasteiger charge is 2.21. The zero-order valence-electron chi connectivity index (χ0n) is 9.37. The molecule has 1 fully saturated rings. The van der Waals surface area contributed by atoms with Gasteiger partial charge in [0.2, 0.25) is 5.91 Å². The second-order valence-corrected chi connectivity index (χ2v) is 4.36. The summed E-state index contributed by atoms with van der Waals surface area (Å²) in [5.74, 6) is -1.15. The SMILES string of the molecule is O=C1CCC(NC(=O)c2cc(F)cnc2Cl)CN1. The molecule has 18 heavy (non-hydrogen) atoms. The van der Waals surface area contributed by atoms with Gasteiger partial charge in [0, 0.05) is 19.0 Å². The maximum atomic E-state index is 13.0. The molecule has 2 heterocycles. The number of nitrogens with one attached hydrogen (secondary N) is 2. The van der Waals surface area contributed by atoms with Crippen molar-refractivity contribution < 1.29 is 14.0 Å². The highest BCUT2D eigenvalue weighted by atomic mass is 35.5. The highest BCUT2D eigenvalue weighted by Crippen LogP contribution is 2.14. The molecule has 7 heteroatoms. The van der Waals surface area contributed by atoms with Crippen molar-refractivity contribution >= 4 is 23.4 Å². The summed E-state index contributed by atoms with van der Waals surface area (Å²) < 4.78 is 13.0. The molecule has 1 aliphatic heterocycles. The Morgan fingerprint density at radius 1 is 1.61 bits per heavy atom. The van der Waals surface area contributed by atoms with Gasteiger partial charge in [-0.05, 0) is 12.5 Å². The number of halogens is 2. The second kappa shape index (κ2) is 5.30. The van der Waals surface area contributed by atoms with Crippen molar-refractivity contribution in [2.45, 2.75) is 18.9 Å². The van der Waals surface area contributed by atoms with Gasteiger partial charge in [-0.1, -0.05) is 11.6 Å². The summed E-state index contributed by atoms with van der Waals surface area (Å²) in [5, 5.41) is 5.27. The van der Waals surface area contributed by atoms with Crippen molar-refractivity contribution in [3.05, 3.63) is 28.8 Å². The molecule has 0 saturated carbocycles. The van der Waals surface area contributed by atoms with Gasteiger partial charge in [0.1, 0.15) is 11.0 Å². The van der Waals surface area contributed by atoms with Gasteiger partial charge in [0.25, 0.3) is 5.91 Å². The van der Waals surface area contributed by atoms with Crippen LogP contribution in [0.2, 0.25) is 5.15 Å². The molecule has 5 nitrogen and oxygen atoms in total. The van der Waals surface area contributed by atoms with Gasteiger partial charge < -0.3 is 10.6 Å². The van der Waals surface area contributed by atoms with E-state index < -0.39 is 11.7 Å². The van der Waals surface area contributed by atoms with E-state index in [0.717, 1.165) is 12.3 Å². The van der Waals surface area contributed by atoms with Crippen molar-refractivity contribution in [3.63, 3.8) is 0 Å². The third-order valence-corrected chi connectivity index (χ3v) is 2.95. The summed E-state index contributed by atoms with van der Waals surface area (Å²) in [6.07, 6.45) is 1.86. The lowest BCUT2D eigenvalue weighted by molar-refractivity contribution is -0.122. The fourth-order valence-electron chi connectivity index (χ4n) is 1.70. The molecule has 1 aromatic heterocycles. The Morgan fingerprint density at radius 2 is 2.39 bits per heavy atom. The van der Waals surface area contributed by atoms with E-state index in [2.05, 4.69) is 15.6 Å². The first kappa shape index (κ1) is 12.8. The summed E-state index contributed by atoms with van der Waals surface area (Å²) in [5.41, 5.74) is -0.00596. The predicted molar refractivity (Wildman–Crippen MR) is 62.7 cm³/mol. The largest absolute Gasteiger partial charge is 0.354 e. The number of piperidine rings is 1. The zero-order chi connectivity index (χ0) is 13.1. The van der Waals surface area contributed by atoms with Gasteiger partial charge in [-0.3, -0.25) is 9.59 Å². The van der Waals surface area contributed by atoms with Crippen LogP contribution in [0.5, 0.6) is 0 Å². The van der Waals surface area contributed by atoms with Gasteiger partial charge in [-0.2, -0.15) is 0 Å². The first-order valence-electron chi connectivity index (χ1n) is 5.45. The molecular weight excluding hydrogens is 261 g/mol. The molecule has 0 aliphatic carbocycles. The minimum Gasteiger partial charge on any atom is -0.354 e. The topological polar surface area (TPSA) is 71.1 Å². The van der Waals surface area contributed by atoms with Crippen LogP contribution in [0, 0.1) is 5.82 Å². The van der Waals surface area contributed by atoms with Crippen molar-refractivity contribution in [2.24, 2.45) is 0 Å². The van der Waals surface area contributed by atoms with Crippen molar-refractivity contribution in [3.8, 4) is 0 Å². The quantitative estimate of drug-likeness (QED) is 0.785. The Hall–Kier alpha value is -1.69. The lowest BCUT2D eigenvalue weighted by Gasteiger charge is -2.23. The lowest BCUT2D eigenvalue weighted by atomic mass is 10.1. The number of amides is 2. The molecule has 96 valence electrons. The van der Waals surface area contributed by atoms with Crippen LogP contribution in [-0.2, 0) is 4.79 Å². The molecule has 2 N–H and O–H groups in total. The molecule has 1 atom stereocenters. The minimum atomic E-state index is -0.624. The number of nitrogens with zero attached hydrogens (tertiary/aromatic N) is 1. The standard InChI is InChI=1S/C11H11ClFN3O2/c12-10-8(3-6(13)4-15-10)11(18)16-7-1-2-9(17)14-5-7/h3-4,7H,1-2,5H2,(H,14,17)(H,16,18). The molecule has 0 radical (unpaired) electrons. The summed E-state index contributed by atoms with van der Waals surface area (Å²) in [7, 11) is 0. The molecule has 0 aromatic carbocycles. The number of hydrogen-bond donors (Lipinski definition) is 2. The van der Waals surface area contributed by atoms with Crippen LogP contribution in [0.15, 0.2) is 12.3 Å². The van der Waals surface area contributed by atoms with Crippen LogP contribution in [-0.4, -0.2) is 29.4 Å². The van der Waals surface area contributed by atoms with Gasteiger partial charge in [0.15, 0.2) is 0 Å². The number of carbonyl (C=O) groups excluding carboxylic acids is 2. The third kappa shape index (κ3) is 2.95. The maximum Gasteiger partial charge on any atom is 0.254 e. The minimum absolute atomic E-state index is 0.00596. The van der Waals surface area contributed by atoms with Gasteiger partial charge in [0.05, 0.1) is 11.8 Å². The van der Waals surface area contributed by atoms with Crippen LogP contribution in [0.1, 0.15) is 23.2 Å². The summed E-state index contributed by atoms with van der Waals surface area (Å²) in [6.45, 7) is 0.366. The molecule has 1 aliphatic rings. The van der Waals surface area contributed by atoms with Crippen molar-refractivity contribution in [2.75, 3.05) is 6.54 Å². The van der Waals surface area contributed by atoms with Crippen LogP contribution in [0.4, 0.5) is 4.39 Å². The molecule has 2 rings (SSSR count). The first-order chi connectivity index (χ1) is 8.56. The number of carbonyl (C=O) groups is 2. The van der Waals surface area contributed by atoms with E-state index in [1.165, 1.54) is 0 Å². The molecule has 1 aromatic rings. The lowest BCUT2D eigenvalue weighted by Crippen LogP contribution is -2.47. The van der Waals surface area contributed by atoms with Gasteiger partial charge in [-0.15, -0.1) is 0 Å². The summed E-state index contributed by atoms with van der Waals surface area (Å²) in [6, 6.07) is 0.862. The van der Waals surface area contributed by atoms with E-state index in [9.17, 15) is 14.0 Å². The number of aromatic nitrogens is 1. The predicted octanol–water partition coefficient (Wildman–Crippen LogP) is 0.883. The molecule has 0 bridgehead atoms. The average Bonchev–Trinajstić information content (AvgIpc) is 2.35. The second-order valence-electron chi connectivity index (χ2n) is 4.01. The highest BCUT2D eigenvalue weighted by molar-refractivity contribution is 6.32. The maximum absolute atomic E-state index is 13.0. The Bertz CT molecular complexity index is 485.